The quantitative estimate of drug-likeness (QED) is 0.469. The van der Waals surface area contributed by atoms with Crippen LogP contribution in [0.1, 0.15) is 13.8 Å². The Kier molecular flexibility index (Phi) is 2.48. The third-order valence-electron chi connectivity index (χ3n) is 5.98. The van der Waals surface area contributed by atoms with Gasteiger partial charge in [0.25, 0.3) is 0 Å². The molecule has 0 saturated heterocycles. The summed E-state index contributed by atoms with van der Waals surface area (Å²) in [6.45, 7) is 4.62. The maximum absolute atomic E-state index is 3.64. The van der Waals surface area contributed by atoms with Gasteiger partial charge in [-0.05, 0) is 50.6 Å². The summed E-state index contributed by atoms with van der Waals surface area (Å²) in [6.07, 6.45) is 9.14. The molecule has 3 aromatic carbocycles. The minimum atomic E-state index is 0.0632. The lowest BCUT2D eigenvalue weighted by atomic mass is 9.77. The van der Waals surface area contributed by atoms with Crippen LogP contribution in [0.15, 0.2) is 72.3 Å². The Hall–Kier alpha value is -3.06. The van der Waals surface area contributed by atoms with Crippen LogP contribution in [0.2, 0.25) is 0 Å². The number of nitrogens with one attached hydrogen (secondary N) is 1. The first-order valence-electron chi connectivity index (χ1n) is 9.22. The molecule has 0 aliphatic heterocycles. The van der Waals surface area contributed by atoms with E-state index in [0.29, 0.717) is 0 Å². The minimum Gasteiger partial charge on any atom is -0.354 e. The molecule has 4 aromatic rings. The van der Waals surface area contributed by atoms with Crippen LogP contribution < -0.4 is 10.4 Å². The average molecular weight is 333 g/mol. The largest absolute Gasteiger partial charge is 0.354 e. The summed E-state index contributed by atoms with van der Waals surface area (Å²) in [6, 6.07) is 17.7. The molecule has 0 radical (unpaired) electrons. The Morgan fingerprint density at radius 2 is 1.65 bits per heavy atom. The molecule has 0 spiro atoms. The number of hydrogen-bond acceptors (Lipinski definition) is 0. The van der Waals surface area contributed by atoms with Crippen molar-refractivity contribution in [2.75, 3.05) is 0 Å². The highest BCUT2D eigenvalue weighted by molar-refractivity contribution is 6.20. The fourth-order valence-electron chi connectivity index (χ4n) is 4.86. The summed E-state index contributed by atoms with van der Waals surface area (Å²) >= 11 is 0. The molecule has 124 valence electrons. The summed E-state index contributed by atoms with van der Waals surface area (Å²) in [5.41, 5.74) is 5.30. The van der Waals surface area contributed by atoms with Crippen LogP contribution in [0.25, 0.3) is 44.2 Å². The zero-order valence-corrected chi connectivity index (χ0v) is 14.9. The third kappa shape index (κ3) is 1.65. The number of fused-ring (bicyclic) bond motifs is 8. The minimum absolute atomic E-state index is 0.0632. The van der Waals surface area contributed by atoms with E-state index in [0.717, 1.165) is 0 Å². The van der Waals surface area contributed by atoms with Gasteiger partial charge in [0.05, 0.1) is 0 Å². The van der Waals surface area contributed by atoms with E-state index in [1.165, 1.54) is 54.2 Å². The highest BCUT2D eigenvalue weighted by Gasteiger charge is 2.28. The fraction of sp³-hybridized carbons (Fsp3) is 0.120. The highest BCUT2D eigenvalue weighted by Crippen LogP contribution is 2.39. The highest BCUT2D eigenvalue weighted by atomic mass is 14.7. The summed E-state index contributed by atoms with van der Waals surface area (Å²) < 4.78 is 0. The first-order chi connectivity index (χ1) is 12.6. The molecule has 0 saturated carbocycles. The van der Waals surface area contributed by atoms with E-state index in [1.807, 2.05) is 0 Å². The Morgan fingerprint density at radius 1 is 0.846 bits per heavy atom. The lowest BCUT2D eigenvalue weighted by molar-refractivity contribution is 0.644. The molecule has 2 aliphatic carbocycles. The van der Waals surface area contributed by atoms with E-state index < -0.39 is 0 Å². The van der Waals surface area contributed by atoms with E-state index in [-0.39, 0.29) is 5.41 Å². The van der Waals surface area contributed by atoms with Gasteiger partial charge in [-0.3, -0.25) is 0 Å². The van der Waals surface area contributed by atoms with Crippen molar-refractivity contribution in [3.8, 4) is 0 Å². The number of rotatable bonds is 0. The Morgan fingerprint density at radius 3 is 2.58 bits per heavy atom. The van der Waals surface area contributed by atoms with Crippen LogP contribution in [0.5, 0.6) is 0 Å². The normalized spacial score (nSPS) is 17.5. The van der Waals surface area contributed by atoms with Gasteiger partial charge < -0.3 is 4.98 Å². The number of aromatic amines is 1. The van der Waals surface area contributed by atoms with Gasteiger partial charge in [0.2, 0.25) is 0 Å². The molecule has 1 heteroatoms. The molecule has 6 rings (SSSR count). The average Bonchev–Trinajstić information content (AvgIpc) is 3.19. The molecule has 0 amide bonds. The molecule has 0 unspecified atom stereocenters. The number of aromatic nitrogens is 1. The van der Waals surface area contributed by atoms with Gasteiger partial charge in [-0.15, -0.1) is 0 Å². The van der Waals surface area contributed by atoms with Crippen molar-refractivity contribution < 1.29 is 0 Å². The van der Waals surface area contributed by atoms with E-state index in [2.05, 4.69) is 91.7 Å². The SMILES string of the molecule is CC1(C)C=CC=C2C=c3c(ccc4[nH]c5ccc6ccccc6c5c34)=C21. The number of benzene rings is 3. The molecule has 0 atom stereocenters. The summed E-state index contributed by atoms with van der Waals surface area (Å²) in [4.78, 5) is 3.64. The summed E-state index contributed by atoms with van der Waals surface area (Å²) in [7, 11) is 0. The first kappa shape index (κ1) is 14.1. The zero-order valence-electron chi connectivity index (χ0n) is 14.9. The van der Waals surface area contributed by atoms with Gasteiger partial charge in [-0.25, -0.2) is 0 Å². The molecule has 1 aromatic heterocycles. The van der Waals surface area contributed by atoms with Crippen molar-refractivity contribution in [3.63, 3.8) is 0 Å². The van der Waals surface area contributed by atoms with E-state index >= 15 is 0 Å². The summed E-state index contributed by atoms with van der Waals surface area (Å²) in [5, 5.41) is 8.06. The predicted molar refractivity (Wildman–Crippen MR) is 111 cm³/mol. The molecule has 1 nitrogen and oxygen atoms in total. The molecule has 1 N–H and O–H groups in total. The molecule has 1 heterocycles. The fourth-order valence-corrected chi connectivity index (χ4v) is 4.86. The lowest BCUT2D eigenvalue weighted by Gasteiger charge is -2.26. The van der Waals surface area contributed by atoms with Crippen LogP contribution in [-0.4, -0.2) is 4.98 Å². The van der Waals surface area contributed by atoms with Crippen molar-refractivity contribution in [1.29, 1.82) is 0 Å². The molecule has 2 aliphatic rings. The van der Waals surface area contributed by atoms with Gasteiger partial charge >= 0.3 is 0 Å². The van der Waals surface area contributed by atoms with Crippen LogP contribution >= 0.6 is 0 Å². The third-order valence-corrected chi connectivity index (χ3v) is 5.98. The van der Waals surface area contributed by atoms with Gasteiger partial charge in [0.1, 0.15) is 0 Å². The predicted octanol–water partition coefficient (Wildman–Crippen LogP) is 4.94. The molecule has 0 bridgehead atoms. The second-order valence-electron chi connectivity index (χ2n) is 8.01. The maximum atomic E-state index is 3.64. The van der Waals surface area contributed by atoms with Crippen molar-refractivity contribution in [1.82, 2.24) is 4.98 Å². The molecule has 0 fully saturated rings. The van der Waals surface area contributed by atoms with Gasteiger partial charge in [0, 0.05) is 27.2 Å². The molecule has 26 heavy (non-hydrogen) atoms. The Labute approximate surface area is 151 Å². The van der Waals surface area contributed by atoms with Crippen LogP contribution in [0.4, 0.5) is 0 Å². The van der Waals surface area contributed by atoms with Crippen LogP contribution in [-0.2, 0) is 0 Å². The lowest BCUT2D eigenvalue weighted by Crippen LogP contribution is -2.28. The second kappa shape index (κ2) is 4.56. The van der Waals surface area contributed by atoms with Crippen LogP contribution in [0, 0.1) is 5.41 Å². The van der Waals surface area contributed by atoms with Gasteiger partial charge in [0.15, 0.2) is 0 Å². The van der Waals surface area contributed by atoms with Gasteiger partial charge in [-0.1, -0.05) is 68.5 Å². The van der Waals surface area contributed by atoms with Crippen molar-refractivity contribution in [2.45, 2.75) is 13.8 Å². The Balaban J connectivity index is 1.91. The van der Waals surface area contributed by atoms with E-state index in [9.17, 15) is 0 Å². The standard InChI is InChI=1S/C25H19N/c1-25(2)13-5-7-16-14-19-18(24(16)25)10-12-21-23(19)22-17-8-4-3-6-15(17)9-11-20(22)26-21/h3-14,26H,1-2H3. The van der Waals surface area contributed by atoms with E-state index in [1.54, 1.807) is 0 Å². The van der Waals surface area contributed by atoms with Crippen LogP contribution in [0.3, 0.4) is 0 Å². The zero-order chi connectivity index (χ0) is 17.5. The first-order valence-corrected chi connectivity index (χ1v) is 9.22. The maximum Gasteiger partial charge on any atom is 0.0471 e. The number of allylic oxidation sites excluding steroid dienone is 4. The topological polar surface area (TPSA) is 15.8 Å². The second-order valence-corrected chi connectivity index (χ2v) is 8.01. The molecular formula is C25H19N. The van der Waals surface area contributed by atoms with E-state index in [4.69, 9.17) is 0 Å². The molecular weight excluding hydrogens is 314 g/mol. The number of hydrogen-bond donors (Lipinski definition) is 1. The van der Waals surface area contributed by atoms with Crippen molar-refractivity contribution in [3.05, 3.63) is 82.8 Å². The Bertz CT molecular complexity index is 1440. The van der Waals surface area contributed by atoms with Crippen molar-refractivity contribution >= 4 is 44.2 Å². The van der Waals surface area contributed by atoms with Gasteiger partial charge in [-0.2, -0.15) is 0 Å². The van der Waals surface area contributed by atoms with Crippen molar-refractivity contribution in [2.24, 2.45) is 5.41 Å². The number of H-pyrrole nitrogens is 1. The summed E-state index contributed by atoms with van der Waals surface area (Å²) in [5.74, 6) is 0. The smallest absolute Gasteiger partial charge is 0.0471 e. The monoisotopic (exact) mass is 333 g/mol.